The Morgan fingerprint density at radius 3 is 2.48 bits per heavy atom. The summed E-state index contributed by atoms with van der Waals surface area (Å²) in [5, 5.41) is 0. The highest BCUT2D eigenvalue weighted by Gasteiger charge is 2.31. The molecule has 2 rings (SSSR count). The van der Waals surface area contributed by atoms with E-state index in [2.05, 4.69) is 0 Å². The van der Waals surface area contributed by atoms with E-state index in [1.54, 1.807) is 36.3 Å². The maximum Gasteiger partial charge on any atom is 0.310 e. The van der Waals surface area contributed by atoms with Crippen LogP contribution in [0.1, 0.15) is 6.42 Å². The predicted octanol–water partition coefficient (Wildman–Crippen LogP) is 1.10. The molecule has 1 aliphatic rings. The Morgan fingerprint density at radius 2 is 1.86 bits per heavy atom. The minimum Gasteiger partial charge on any atom is -0.497 e. The highest BCUT2D eigenvalue weighted by molar-refractivity contribution is 5.80. The van der Waals surface area contributed by atoms with Crippen LogP contribution in [0.2, 0.25) is 0 Å². The second kappa shape index (κ2) is 6.97. The zero-order valence-electron chi connectivity index (χ0n) is 12.2. The van der Waals surface area contributed by atoms with Gasteiger partial charge in [-0.15, -0.1) is 0 Å². The highest BCUT2D eigenvalue weighted by Crippen LogP contribution is 2.19. The quantitative estimate of drug-likeness (QED) is 0.761. The number of carbonyl (C=O) groups is 2. The summed E-state index contributed by atoms with van der Waals surface area (Å²) in [4.78, 5) is 25.1. The van der Waals surface area contributed by atoms with E-state index in [0.717, 1.165) is 5.75 Å². The van der Waals surface area contributed by atoms with Crippen LogP contribution < -0.4 is 9.47 Å². The Morgan fingerprint density at radius 1 is 1.19 bits per heavy atom. The monoisotopic (exact) mass is 293 g/mol. The van der Waals surface area contributed by atoms with Crippen molar-refractivity contribution in [2.45, 2.75) is 6.42 Å². The third-order valence-corrected chi connectivity index (χ3v) is 3.50. The first kappa shape index (κ1) is 15.2. The number of amides is 1. The normalized spacial score (nSPS) is 17.4. The third kappa shape index (κ3) is 3.87. The Kier molecular flexibility index (Phi) is 5.03. The molecule has 6 heteroatoms. The molecule has 6 nitrogen and oxygen atoms in total. The van der Waals surface area contributed by atoms with Crippen LogP contribution in [0.5, 0.6) is 11.5 Å². The van der Waals surface area contributed by atoms with Gasteiger partial charge in [0.2, 0.25) is 0 Å². The number of hydrogen-bond donors (Lipinski definition) is 0. The molecular formula is C15H19NO5. The van der Waals surface area contributed by atoms with Crippen LogP contribution in [0.4, 0.5) is 0 Å². The average Bonchev–Trinajstić information content (AvgIpc) is 3.02. The lowest BCUT2D eigenvalue weighted by atomic mass is 10.1. The minimum atomic E-state index is -0.263. The lowest BCUT2D eigenvalue weighted by molar-refractivity contribution is -0.145. The molecule has 0 aromatic heterocycles. The van der Waals surface area contributed by atoms with E-state index in [4.69, 9.17) is 14.2 Å². The Balaban J connectivity index is 1.80. The third-order valence-electron chi connectivity index (χ3n) is 3.50. The van der Waals surface area contributed by atoms with Crippen molar-refractivity contribution in [2.24, 2.45) is 5.92 Å². The van der Waals surface area contributed by atoms with Crippen molar-refractivity contribution < 1.29 is 23.8 Å². The van der Waals surface area contributed by atoms with Crippen molar-refractivity contribution >= 4 is 11.9 Å². The van der Waals surface area contributed by atoms with E-state index in [1.165, 1.54) is 7.11 Å². The summed E-state index contributed by atoms with van der Waals surface area (Å²) >= 11 is 0. The molecule has 114 valence electrons. The maximum atomic E-state index is 12.0. The molecule has 0 spiro atoms. The number of likely N-dealkylation sites (tertiary alicyclic amines) is 1. The summed E-state index contributed by atoms with van der Waals surface area (Å²) in [7, 11) is 2.95. The summed E-state index contributed by atoms with van der Waals surface area (Å²) in [5.74, 6) is 0.723. The smallest absolute Gasteiger partial charge is 0.310 e. The molecule has 1 aliphatic heterocycles. The fraction of sp³-hybridized carbons (Fsp3) is 0.467. The second-order valence-corrected chi connectivity index (χ2v) is 4.81. The van der Waals surface area contributed by atoms with E-state index in [9.17, 15) is 9.59 Å². The molecule has 0 bridgehead atoms. The van der Waals surface area contributed by atoms with Gasteiger partial charge in [0, 0.05) is 13.1 Å². The molecule has 1 unspecified atom stereocenters. The first-order valence-electron chi connectivity index (χ1n) is 6.76. The van der Waals surface area contributed by atoms with Crippen LogP contribution in [0.25, 0.3) is 0 Å². The van der Waals surface area contributed by atoms with E-state index < -0.39 is 0 Å². The van der Waals surface area contributed by atoms with E-state index >= 15 is 0 Å². The molecule has 1 aromatic carbocycles. The molecule has 1 amide bonds. The number of nitrogens with zero attached hydrogens (tertiary/aromatic N) is 1. The minimum absolute atomic E-state index is 0.0414. The Hall–Kier alpha value is -2.24. The molecule has 1 heterocycles. The van der Waals surface area contributed by atoms with Gasteiger partial charge in [-0.2, -0.15) is 0 Å². The summed E-state index contributed by atoms with van der Waals surface area (Å²) in [6, 6.07) is 7.02. The number of carbonyl (C=O) groups excluding carboxylic acids is 2. The highest BCUT2D eigenvalue weighted by atomic mass is 16.5. The topological polar surface area (TPSA) is 65.1 Å². The van der Waals surface area contributed by atoms with Gasteiger partial charge >= 0.3 is 5.97 Å². The van der Waals surface area contributed by atoms with Gasteiger partial charge in [-0.3, -0.25) is 9.59 Å². The average molecular weight is 293 g/mol. The molecule has 21 heavy (non-hydrogen) atoms. The maximum absolute atomic E-state index is 12.0. The number of methoxy groups -OCH3 is 2. The summed E-state index contributed by atoms with van der Waals surface area (Å²) in [5.41, 5.74) is 0. The fourth-order valence-corrected chi connectivity index (χ4v) is 2.25. The van der Waals surface area contributed by atoms with Gasteiger partial charge < -0.3 is 19.1 Å². The molecule has 0 N–H and O–H groups in total. The van der Waals surface area contributed by atoms with Gasteiger partial charge in [0.05, 0.1) is 20.1 Å². The number of ether oxygens (including phenoxy) is 3. The van der Waals surface area contributed by atoms with Gasteiger partial charge in [0.1, 0.15) is 11.5 Å². The van der Waals surface area contributed by atoms with Crippen LogP contribution in [0.3, 0.4) is 0 Å². The molecule has 1 saturated heterocycles. The van der Waals surface area contributed by atoms with Gasteiger partial charge in [-0.1, -0.05) is 0 Å². The number of esters is 1. The SMILES string of the molecule is COC(=O)C1CCN(C(=O)COc2ccc(OC)cc2)C1. The number of rotatable bonds is 5. The zero-order chi connectivity index (χ0) is 15.2. The predicted molar refractivity (Wildman–Crippen MR) is 75.2 cm³/mol. The van der Waals surface area contributed by atoms with Crippen LogP contribution in [0.15, 0.2) is 24.3 Å². The number of hydrogen-bond acceptors (Lipinski definition) is 5. The van der Waals surface area contributed by atoms with Gasteiger partial charge in [0.15, 0.2) is 6.61 Å². The van der Waals surface area contributed by atoms with Crippen molar-refractivity contribution in [3.8, 4) is 11.5 Å². The van der Waals surface area contributed by atoms with Crippen LogP contribution in [0, 0.1) is 5.92 Å². The van der Waals surface area contributed by atoms with Crippen molar-refractivity contribution in [1.82, 2.24) is 4.90 Å². The second-order valence-electron chi connectivity index (χ2n) is 4.81. The first-order valence-corrected chi connectivity index (χ1v) is 6.76. The van der Waals surface area contributed by atoms with Crippen molar-refractivity contribution in [3.05, 3.63) is 24.3 Å². The fourth-order valence-electron chi connectivity index (χ4n) is 2.25. The van der Waals surface area contributed by atoms with Crippen molar-refractivity contribution in [3.63, 3.8) is 0 Å². The van der Waals surface area contributed by atoms with Gasteiger partial charge in [0.25, 0.3) is 5.91 Å². The van der Waals surface area contributed by atoms with E-state index in [1.807, 2.05) is 0 Å². The standard InChI is InChI=1S/C15H19NO5/c1-19-12-3-5-13(6-4-12)21-10-14(17)16-8-7-11(9-16)15(18)20-2/h3-6,11H,7-10H2,1-2H3. The first-order chi connectivity index (χ1) is 10.1. The molecule has 1 atom stereocenters. The lowest BCUT2D eigenvalue weighted by Crippen LogP contribution is -2.34. The molecule has 0 aliphatic carbocycles. The van der Waals surface area contributed by atoms with Crippen LogP contribution in [-0.4, -0.2) is 50.7 Å². The Labute approximate surface area is 123 Å². The molecule has 0 saturated carbocycles. The summed E-state index contributed by atoms with van der Waals surface area (Å²) in [6.45, 7) is 0.919. The molecule has 1 aromatic rings. The van der Waals surface area contributed by atoms with E-state index in [0.29, 0.717) is 25.3 Å². The van der Waals surface area contributed by atoms with Crippen LogP contribution in [-0.2, 0) is 14.3 Å². The van der Waals surface area contributed by atoms with Crippen molar-refractivity contribution in [2.75, 3.05) is 33.9 Å². The van der Waals surface area contributed by atoms with Gasteiger partial charge in [-0.05, 0) is 30.7 Å². The number of benzene rings is 1. The zero-order valence-corrected chi connectivity index (χ0v) is 12.2. The van der Waals surface area contributed by atoms with Gasteiger partial charge in [-0.25, -0.2) is 0 Å². The molecule has 0 radical (unpaired) electrons. The van der Waals surface area contributed by atoms with E-state index in [-0.39, 0.29) is 24.4 Å². The van der Waals surface area contributed by atoms with Crippen LogP contribution >= 0.6 is 0 Å². The van der Waals surface area contributed by atoms with Crippen molar-refractivity contribution in [1.29, 1.82) is 0 Å². The summed E-state index contributed by atoms with van der Waals surface area (Å²) < 4.78 is 15.2. The molecule has 1 fully saturated rings. The largest absolute Gasteiger partial charge is 0.497 e. The summed E-state index contributed by atoms with van der Waals surface area (Å²) in [6.07, 6.45) is 0.640. The Bertz CT molecular complexity index is 499. The lowest BCUT2D eigenvalue weighted by Gasteiger charge is -2.16. The molecular weight excluding hydrogens is 274 g/mol.